The van der Waals surface area contributed by atoms with Gasteiger partial charge >= 0.3 is 12.1 Å². The first-order valence-corrected chi connectivity index (χ1v) is 5.28. The van der Waals surface area contributed by atoms with Crippen LogP contribution in [0.2, 0.25) is 0 Å². The summed E-state index contributed by atoms with van der Waals surface area (Å²) in [7, 11) is 0. The fourth-order valence-electron chi connectivity index (χ4n) is 1.68. The van der Waals surface area contributed by atoms with Crippen LogP contribution < -0.4 is 0 Å². The Kier molecular flexibility index (Phi) is 4.30. The summed E-state index contributed by atoms with van der Waals surface area (Å²) in [5, 5.41) is 18.2. The van der Waals surface area contributed by atoms with Gasteiger partial charge in [-0.15, -0.1) is 0 Å². The zero-order chi connectivity index (χ0) is 13.1. The van der Waals surface area contributed by atoms with Crippen molar-refractivity contribution < 1.29 is 29.3 Å². The van der Waals surface area contributed by atoms with Crippen LogP contribution in [-0.2, 0) is 14.3 Å². The molecule has 1 amide bonds. The standard InChI is InChI=1S/C10H17NO6/c1-7(8(12)13)10(2)5-16-3-4-17-6-11(10)9(14)15/h7H,3-6H2,1-2H3,(H,12,13)(H,14,15)/t7-,10?/m0/s1. The minimum Gasteiger partial charge on any atom is -0.481 e. The molecule has 1 aliphatic rings. The minimum absolute atomic E-state index is 0.0378. The Morgan fingerprint density at radius 1 is 1.29 bits per heavy atom. The Morgan fingerprint density at radius 3 is 2.41 bits per heavy atom. The molecule has 0 radical (unpaired) electrons. The number of nitrogens with zero attached hydrogens (tertiary/aromatic N) is 1. The lowest BCUT2D eigenvalue weighted by molar-refractivity contribution is -0.155. The van der Waals surface area contributed by atoms with Crippen LogP contribution in [0.5, 0.6) is 0 Å². The zero-order valence-electron chi connectivity index (χ0n) is 9.88. The van der Waals surface area contributed by atoms with Gasteiger partial charge in [-0.2, -0.15) is 0 Å². The summed E-state index contributed by atoms with van der Waals surface area (Å²) >= 11 is 0. The molecule has 0 aromatic carbocycles. The van der Waals surface area contributed by atoms with Gasteiger partial charge in [0, 0.05) is 0 Å². The summed E-state index contributed by atoms with van der Waals surface area (Å²) in [6.45, 7) is 3.53. The summed E-state index contributed by atoms with van der Waals surface area (Å²) in [5.74, 6) is -1.96. The third-order valence-corrected chi connectivity index (χ3v) is 3.14. The molecule has 0 bridgehead atoms. The fraction of sp³-hybridized carbons (Fsp3) is 0.800. The van der Waals surface area contributed by atoms with E-state index in [-0.39, 0.29) is 13.3 Å². The van der Waals surface area contributed by atoms with E-state index in [2.05, 4.69) is 0 Å². The van der Waals surface area contributed by atoms with Gasteiger partial charge < -0.3 is 19.7 Å². The van der Waals surface area contributed by atoms with E-state index in [1.54, 1.807) is 6.92 Å². The molecule has 0 aromatic heterocycles. The molecular formula is C10H17NO6. The molecule has 2 atom stereocenters. The Morgan fingerprint density at radius 2 is 1.88 bits per heavy atom. The molecule has 1 heterocycles. The minimum atomic E-state index is -1.22. The second kappa shape index (κ2) is 5.33. The lowest BCUT2D eigenvalue weighted by Crippen LogP contribution is -2.59. The maximum Gasteiger partial charge on any atom is 0.409 e. The molecule has 0 aliphatic carbocycles. The number of hydrogen-bond acceptors (Lipinski definition) is 4. The summed E-state index contributed by atoms with van der Waals surface area (Å²) in [4.78, 5) is 23.2. The number of carbonyl (C=O) groups is 2. The van der Waals surface area contributed by atoms with Gasteiger partial charge in [-0.05, 0) is 13.8 Å². The maximum absolute atomic E-state index is 11.2. The molecule has 7 heteroatoms. The summed E-state index contributed by atoms with van der Waals surface area (Å²) in [6.07, 6.45) is -1.22. The Balaban J connectivity index is 3.00. The van der Waals surface area contributed by atoms with Crippen LogP contribution in [0.25, 0.3) is 0 Å². The first kappa shape index (κ1) is 13.7. The van der Waals surface area contributed by atoms with Crippen molar-refractivity contribution in [2.75, 3.05) is 26.6 Å². The van der Waals surface area contributed by atoms with Crippen LogP contribution in [0.1, 0.15) is 13.8 Å². The van der Waals surface area contributed by atoms with Gasteiger partial charge in [0.1, 0.15) is 6.73 Å². The highest BCUT2D eigenvalue weighted by Gasteiger charge is 2.44. The number of ether oxygens (including phenoxy) is 2. The lowest BCUT2D eigenvalue weighted by atomic mass is 9.86. The quantitative estimate of drug-likeness (QED) is 0.735. The summed E-state index contributed by atoms with van der Waals surface area (Å²) < 4.78 is 10.3. The third kappa shape index (κ3) is 2.86. The number of aliphatic carboxylic acids is 1. The third-order valence-electron chi connectivity index (χ3n) is 3.14. The second-order valence-corrected chi connectivity index (χ2v) is 4.22. The number of carboxylic acid groups (broad SMARTS) is 2. The van der Waals surface area contributed by atoms with E-state index in [0.717, 1.165) is 4.90 Å². The van der Waals surface area contributed by atoms with Crippen molar-refractivity contribution in [3.63, 3.8) is 0 Å². The van der Waals surface area contributed by atoms with Crippen molar-refractivity contribution >= 4 is 12.1 Å². The second-order valence-electron chi connectivity index (χ2n) is 4.22. The number of rotatable bonds is 2. The molecule has 17 heavy (non-hydrogen) atoms. The highest BCUT2D eigenvalue weighted by Crippen LogP contribution is 2.27. The van der Waals surface area contributed by atoms with E-state index in [1.165, 1.54) is 6.92 Å². The van der Waals surface area contributed by atoms with Crippen LogP contribution in [0.4, 0.5) is 4.79 Å². The molecule has 1 unspecified atom stereocenters. The van der Waals surface area contributed by atoms with Crippen LogP contribution in [0.3, 0.4) is 0 Å². The molecule has 0 aromatic rings. The fourth-order valence-corrected chi connectivity index (χ4v) is 1.68. The average molecular weight is 247 g/mol. The van der Waals surface area contributed by atoms with Crippen molar-refractivity contribution in [3.05, 3.63) is 0 Å². The molecule has 1 fully saturated rings. The molecule has 2 N–H and O–H groups in total. The van der Waals surface area contributed by atoms with Crippen LogP contribution >= 0.6 is 0 Å². The monoisotopic (exact) mass is 247 g/mol. The van der Waals surface area contributed by atoms with E-state index in [0.29, 0.717) is 13.2 Å². The van der Waals surface area contributed by atoms with Gasteiger partial charge in [-0.25, -0.2) is 4.79 Å². The smallest absolute Gasteiger partial charge is 0.409 e. The van der Waals surface area contributed by atoms with E-state index in [4.69, 9.17) is 19.7 Å². The predicted octanol–water partition coefficient (Wildman–Crippen LogP) is 0.450. The predicted molar refractivity (Wildman–Crippen MR) is 56.7 cm³/mol. The maximum atomic E-state index is 11.2. The van der Waals surface area contributed by atoms with Gasteiger partial charge in [0.2, 0.25) is 0 Å². The molecule has 0 saturated carbocycles. The topological polar surface area (TPSA) is 96.3 Å². The van der Waals surface area contributed by atoms with Gasteiger partial charge in [-0.1, -0.05) is 0 Å². The average Bonchev–Trinajstić information content (AvgIpc) is 2.22. The van der Waals surface area contributed by atoms with E-state index >= 15 is 0 Å². The highest BCUT2D eigenvalue weighted by molar-refractivity contribution is 5.74. The van der Waals surface area contributed by atoms with Crippen LogP contribution in [0, 0.1) is 5.92 Å². The summed E-state index contributed by atoms with van der Waals surface area (Å²) in [6, 6.07) is 0. The van der Waals surface area contributed by atoms with E-state index in [1.807, 2.05) is 0 Å². The molecule has 1 aliphatic heterocycles. The lowest BCUT2D eigenvalue weighted by Gasteiger charge is -2.42. The zero-order valence-corrected chi connectivity index (χ0v) is 9.88. The summed E-state index contributed by atoms with van der Waals surface area (Å²) in [5.41, 5.74) is -1.14. The molecule has 1 saturated heterocycles. The number of carboxylic acids is 1. The Labute approximate surface area is 98.9 Å². The van der Waals surface area contributed by atoms with Gasteiger partial charge in [0.25, 0.3) is 0 Å². The van der Waals surface area contributed by atoms with Crippen molar-refractivity contribution in [3.8, 4) is 0 Å². The molecule has 98 valence electrons. The van der Waals surface area contributed by atoms with Crippen molar-refractivity contribution in [1.29, 1.82) is 0 Å². The van der Waals surface area contributed by atoms with Crippen LogP contribution in [0.15, 0.2) is 0 Å². The largest absolute Gasteiger partial charge is 0.481 e. The van der Waals surface area contributed by atoms with E-state index in [9.17, 15) is 9.59 Å². The van der Waals surface area contributed by atoms with Crippen LogP contribution in [-0.4, -0.2) is 59.3 Å². The van der Waals surface area contributed by atoms with Gasteiger partial charge in [-0.3, -0.25) is 9.69 Å². The van der Waals surface area contributed by atoms with Gasteiger partial charge in [0.05, 0.1) is 31.3 Å². The number of amides is 1. The SMILES string of the molecule is C[C@@H](C(=O)O)C1(C)COCCOCN1C(=O)O. The normalized spacial score (nSPS) is 28.0. The van der Waals surface area contributed by atoms with Crippen molar-refractivity contribution in [1.82, 2.24) is 4.90 Å². The molecule has 1 rings (SSSR count). The highest BCUT2D eigenvalue weighted by atomic mass is 16.5. The Hall–Kier alpha value is -1.34. The van der Waals surface area contributed by atoms with Crippen molar-refractivity contribution in [2.24, 2.45) is 5.92 Å². The molecule has 0 spiro atoms. The molecule has 7 nitrogen and oxygen atoms in total. The first-order chi connectivity index (χ1) is 7.89. The van der Waals surface area contributed by atoms with Crippen molar-refractivity contribution in [2.45, 2.75) is 19.4 Å². The molecular weight excluding hydrogens is 230 g/mol. The Bertz CT molecular complexity index is 307. The van der Waals surface area contributed by atoms with E-state index < -0.39 is 23.5 Å². The first-order valence-electron chi connectivity index (χ1n) is 5.28. The number of hydrogen-bond donors (Lipinski definition) is 2. The van der Waals surface area contributed by atoms with Gasteiger partial charge in [0.15, 0.2) is 0 Å².